The lowest BCUT2D eigenvalue weighted by molar-refractivity contribution is 0.101. The Balaban J connectivity index is 1.48. The summed E-state index contributed by atoms with van der Waals surface area (Å²) in [6, 6.07) is 14.4. The minimum absolute atomic E-state index is 0.0235. The molecular weight excluding hydrogens is 416 g/mol. The van der Waals surface area contributed by atoms with Gasteiger partial charge in [-0.1, -0.05) is 12.1 Å². The second-order valence-electron chi connectivity index (χ2n) is 6.62. The van der Waals surface area contributed by atoms with Gasteiger partial charge < -0.3 is 5.32 Å². The van der Waals surface area contributed by atoms with Gasteiger partial charge in [0.05, 0.1) is 4.90 Å². The number of hydrogen-bond donors (Lipinski definition) is 2. The monoisotopic (exact) mass is 434 g/mol. The average molecular weight is 434 g/mol. The normalized spacial score (nSPS) is 11.1. The Hall–Kier alpha value is -4.05. The molecule has 2 heterocycles. The Kier molecular flexibility index (Phi) is 5.46. The third-order valence-electron chi connectivity index (χ3n) is 4.38. The first kappa shape index (κ1) is 20.2. The van der Waals surface area contributed by atoms with Crippen molar-refractivity contribution in [3.8, 4) is 5.82 Å². The zero-order valence-electron chi connectivity index (χ0n) is 16.4. The number of aromatic nitrogens is 4. The van der Waals surface area contributed by atoms with Crippen molar-refractivity contribution in [2.75, 3.05) is 10.0 Å². The highest BCUT2D eigenvalue weighted by molar-refractivity contribution is 7.92. The fraction of sp³-hybridized carbons (Fsp3) is 0.0476. The molecule has 0 spiro atoms. The maximum atomic E-state index is 12.6. The maximum Gasteiger partial charge on any atom is 0.261 e. The van der Waals surface area contributed by atoms with Crippen LogP contribution in [0.1, 0.15) is 17.3 Å². The molecule has 0 atom stereocenters. The van der Waals surface area contributed by atoms with Gasteiger partial charge in [0.2, 0.25) is 0 Å². The molecule has 0 bridgehead atoms. The van der Waals surface area contributed by atoms with E-state index in [1.807, 2.05) is 0 Å². The van der Waals surface area contributed by atoms with Crippen LogP contribution in [0.15, 0.2) is 84.5 Å². The number of rotatable bonds is 7. The summed E-state index contributed by atoms with van der Waals surface area (Å²) >= 11 is 0. The summed E-state index contributed by atoms with van der Waals surface area (Å²) < 4.78 is 29.6. The molecule has 2 N–H and O–H groups in total. The Bertz CT molecular complexity index is 1320. The fourth-order valence-electron chi connectivity index (χ4n) is 2.82. The quantitative estimate of drug-likeness (QED) is 0.428. The molecule has 156 valence electrons. The molecule has 9 nitrogen and oxygen atoms in total. The number of sulfonamides is 1. The summed E-state index contributed by atoms with van der Waals surface area (Å²) in [5.74, 6) is 1.04. The fourth-order valence-corrected chi connectivity index (χ4v) is 3.92. The summed E-state index contributed by atoms with van der Waals surface area (Å²) in [6.45, 7) is 1.39. The predicted octanol–water partition coefficient (Wildman–Crippen LogP) is 3.41. The van der Waals surface area contributed by atoms with Gasteiger partial charge in [0, 0.05) is 35.4 Å². The third-order valence-corrected chi connectivity index (χ3v) is 5.76. The van der Waals surface area contributed by atoms with E-state index in [-0.39, 0.29) is 10.7 Å². The van der Waals surface area contributed by atoms with Crippen LogP contribution < -0.4 is 10.0 Å². The van der Waals surface area contributed by atoms with Crippen molar-refractivity contribution in [3.05, 3.63) is 85.2 Å². The van der Waals surface area contributed by atoms with Crippen LogP contribution >= 0.6 is 0 Å². The summed E-state index contributed by atoms with van der Waals surface area (Å²) in [6.07, 6.45) is 6.51. The highest BCUT2D eigenvalue weighted by Crippen LogP contribution is 2.21. The number of carbonyl (C=O) groups excluding carboxylic acids is 1. The number of Topliss-reactive ketones (excluding diaryl/α,β-unsaturated/α-hetero) is 1. The molecule has 0 aliphatic heterocycles. The standard InChI is InChI=1S/C21H18N6O3S/c1-15(28)16-3-2-4-19(11-16)31(29,30)26-18-7-5-17(6-8-18)25-20-12-21(24-13-23-20)27-10-9-22-14-27/h2-14,26H,1H3,(H,23,24,25). The van der Waals surface area contributed by atoms with Gasteiger partial charge in [0.15, 0.2) is 5.78 Å². The minimum Gasteiger partial charge on any atom is -0.340 e. The lowest BCUT2D eigenvalue weighted by atomic mass is 10.2. The van der Waals surface area contributed by atoms with E-state index in [0.29, 0.717) is 22.9 Å². The minimum atomic E-state index is -3.82. The maximum absolute atomic E-state index is 12.6. The van der Waals surface area contributed by atoms with E-state index in [1.54, 1.807) is 59.7 Å². The average Bonchev–Trinajstić information content (AvgIpc) is 3.30. The van der Waals surface area contributed by atoms with Crippen LogP contribution in [0, 0.1) is 0 Å². The molecule has 0 saturated carbocycles. The zero-order valence-corrected chi connectivity index (χ0v) is 17.2. The molecule has 0 aliphatic carbocycles. The largest absolute Gasteiger partial charge is 0.340 e. The van der Waals surface area contributed by atoms with Gasteiger partial charge >= 0.3 is 0 Å². The number of nitrogens with zero attached hydrogens (tertiary/aromatic N) is 4. The lowest BCUT2D eigenvalue weighted by Crippen LogP contribution is -2.13. The van der Waals surface area contributed by atoms with Crippen LogP contribution in [-0.4, -0.2) is 33.7 Å². The van der Waals surface area contributed by atoms with Crippen molar-refractivity contribution in [1.82, 2.24) is 19.5 Å². The third kappa shape index (κ3) is 4.75. The van der Waals surface area contributed by atoms with Gasteiger partial charge in [-0.05, 0) is 43.3 Å². The molecule has 0 amide bonds. The highest BCUT2D eigenvalue weighted by Gasteiger charge is 2.15. The number of benzene rings is 2. The number of hydrogen-bond acceptors (Lipinski definition) is 7. The van der Waals surface area contributed by atoms with E-state index in [0.717, 1.165) is 5.69 Å². The highest BCUT2D eigenvalue weighted by atomic mass is 32.2. The summed E-state index contributed by atoms with van der Waals surface area (Å²) in [5, 5.41) is 3.15. The van der Waals surface area contributed by atoms with Crippen molar-refractivity contribution in [1.29, 1.82) is 0 Å². The predicted molar refractivity (Wildman–Crippen MR) is 116 cm³/mol. The number of nitrogens with one attached hydrogen (secondary N) is 2. The molecule has 31 heavy (non-hydrogen) atoms. The van der Waals surface area contributed by atoms with Crippen molar-refractivity contribution < 1.29 is 13.2 Å². The van der Waals surface area contributed by atoms with Gasteiger partial charge in [0.25, 0.3) is 10.0 Å². The van der Waals surface area contributed by atoms with Gasteiger partial charge in [-0.2, -0.15) is 0 Å². The SMILES string of the molecule is CC(=O)c1cccc(S(=O)(=O)Nc2ccc(Nc3cc(-n4ccnc4)ncn3)cc2)c1. The summed E-state index contributed by atoms with van der Waals surface area (Å²) in [5.41, 5.74) is 1.44. The van der Waals surface area contributed by atoms with Gasteiger partial charge in [-0.15, -0.1) is 0 Å². The van der Waals surface area contributed by atoms with Crippen LogP contribution in [-0.2, 0) is 10.0 Å². The zero-order chi connectivity index (χ0) is 21.8. The number of ketones is 1. The van der Waals surface area contributed by atoms with E-state index in [9.17, 15) is 13.2 Å². The first-order valence-corrected chi connectivity index (χ1v) is 10.7. The van der Waals surface area contributed by atoms with Gasteiger partial charge in [0.1, 0.15) is 24.3 Å². The first-order valence-electron chi connectivity index (χ1n) is 9.22. The number of carbonyl (C=O) groups is 1. The van der Waals surface area contributed by atoms with Crippen LogP contribution in [0.4, 0.5) is 17.2 Å². The summed E-state index contributed by atoms with van der Waals surface area (Å²) in [7, 11) is -3.82. The molecular formula is C21H18N6O3S. The molecule has 2 aromatic carbocycles. The molecule has 2 aromatic heterocycles. The molecule has 0 unspecified atom stereocenters. The molecule has 0 fully saturated rings. The van der Waals surface area contributed by atoms with E-state index in [4.69, 9.17) is 0 Å². The summed E-state index contributed by atoms with van der Waals surface area (Å²) in [4.78, 5) is 23.9. The Labute approximate surface area is 178 Å². The van der Waals surface area contributed by atoms with Crippen molar-refractivity contribution in [3.63, 3.8) is 0 Å². The number of imidazole rings is 1. The van der Waals surface area contributed by atoms with E-state index in [1.165, 1.54) is 31.5 Å². The molecule has 4 rings (SSSR count). The van der Waals surface area contributed by atoms with Crippen LogP contribution in [0.3, 0.4) is 0 Å². The molecule has 10 heteroatoms. The topological polar surface area (TPSA) is 119 Å². The smallest absolute Gasteiger partial charge is 0.261 e. The van der Waals surface area contributed by atoms with Crippen molar-refractivity contribution in [2.45, 2.75) is 11.8 Å². The van der Waals surface area contributed by atoms with Gasteiger partial charge in [-0.25, -0.2) is 23.4 Å². The molecule has 0 aliphatic rings. The van der Waals surface area contributed by atoms with Crippen molar-refractivity contribution in [2.24, 2.45) is 0 Å². The Morgan fingerprint density at radius 2 is 1.77 bits per heavy atom. The van der Waals surface area contributed by atoms with E-state index in [2.05, 4.69) is 25.0 Å². The van der Waals surface area contributed by atoms with E-state index < -0.39 is 10.0 Å². The Morgan fingerprint density at radius 3 is 2.48 bits per heavy atom. The lowest BCUT2D eigenvalue weighted by Gasteiger charge is -2.11. The first-order chi connectivity index (χ1) is 14.9. The molecule has 0 saturated heterocycles. The van der Waals surface area contributed by atoms with Crippen LogP contribution in [0.2, 0.25) is 0 Å². The molecule has 0 radical (unpaired) electrons. The van der Waals surface area contributed by atoms with Crippen molar-refractivity contribution >= 4 is 33.0 Å². The number of anilines is 3. The van der Waals surface area contributed by atoms with E-state index >= 15 is 0 Å². The van der Waals surface area contributed by atoms with Crippen LogP contribution in [0.5, 0.6) is 0 Å². The molecule has 4 aromatic rings. The Morgan fingerprint density at radius 1 is 1.00 bits per heavy atom. The van der Waals surface area contributed by atoms with Gasteiger partial charge in [-0.3, -0.25) is 14.1 Å². The second kappa shape index (κ2) is 8.36. The van der Waals surface area contributed by atoms with Crippen LogP contribution in [0.25, 0.3) is 5.82 Å². The second-order valence-corrected chi connectivity index (χ2v) is 8.31.